The van der Waals surface area contributed by atoms with Crippen LogP contribution in [0.15, 0.2) is 36.7 Å². The average molecular weight is 425 g/mol. The fraction of sp³-hybridized carbons (Fsp3) is 0.294. The fourth-order valence-corrected chi connectivity index (χ4v) is 3.21. The summed E-state index contributed by atoms with van der Waals surface area (Å²) in [7, 11) is 0. The summed E-state index contributed by atoms with van der Waals surface area (Å²) in [6.07, 6.45) is 7.46. The van der Waals surface area contributed by atoms with Crippen LogP contribution in [-0.4, -0.2) is 16.9 Å². The molecule has 120 valence electrons. The molecule has 1 fully saturated rings. The highest BCUT2D eigenvalue weighted by atomic mass is 127. The van der Waals surface area contributed by atoms with E-state index in [1.54, 1.807) is 30.6 Å². The Morgan fingerprint density at radius 2 is 2.00 bits per heavy atom. The van der Waals surface area contributed by atoms with Gasteiger partial charge >= 0.3 is 0 Å². The van der Waals surface area contributed by atoms with Crippen LogP contribution in [0.3, 0.4) is 0 Å². The van der Waals surface area contributed by atoms with Crippen LogP contribution in [0.1, 0.15) is 36.0 Å². The van der Waals surface area contributed by atoms with Crippen molar-refractivity contribution in [1.82, 2.24) is 10.3 Å². The van der Waals surface area contributed by atoms with Gasteiger partial charge in [0.25, 0.3) is 5.91 Å². The summed E-state index contributed by atoms with van der Waals surface area (Å²) in [5.74, 6) is -0.504. The molecule has 0 atom stereocenters. The summed E-state index contributed by atoms with van der Waals surface area (Å²) in [4.78, 5) is 16.5. The van der Waals surface area contributed by atoms with Crippen LogP contribution in [0.4, 0.5) is 15.8 Å². The Hall–Kier alpha value is -1.70. The van der Waals surface area contributed by atoms with Crippen molar-refractivity contribution in [3.8, 4) is 0 Å². The molecule has 0 aliphatic heterocycles. The largest absolute Gasteiger partial charge is 0.351 e. The lowest BCUT2D eigenvalue weighted by Gasteiger charge is -2.15. The molecule has 0 bridgehead atoms. The number of hydrogen-bond acceptors (Lipinski definition) is 3. The molecule has 1 aliphatic rings. The smallest absolute Gasteiger partial charge is 0.253 e. The second kappa shape index (κ2) is 7.25. The minimum absolute atomic E-state index is 0.146. The van der Waals surface area contributed by atoms with E-state index in [0.29, 0.717) is 16.9 Å². The van der Waals surface area contributed by atoms with Crippen LogP contribution in [0.5, 0.6) is 0 Å². The first-order valence-corrected chi connectivity index (χ1v) is 8.68. The van der Waals surface area contributed by atoms with Crippen LogP contribution in [0.25, 0.3) is 0 Å². The molecule has 2 N–H and O–H groups in total. The number of amides is 1. The number of halogens is 2. The van der Waals surface area contributed by atoms with Crippen LogP contribution >= 0.6 is 22.6 Å². The van der Waals surface area contributed by atoms with E-state index < -0.39 is 0 Å². The van der Waals surface area contributed by atoms with Crippen molar-refractivity contribution in [2.75, 3.05) is 5.32 Å². The number of aromatic nitrogens is 1. The third-order valence-electron chi connectivity index (χ3n) is 3.96. The fourth-order valence-electron chi connectivity index (χ4n) is 2.76. The molecule has 1 saturated carbocycles. The van der Waals surface area contributed by atoms with Gasteiger partial charge < -0.3 is 10.6 Å². The monoisotopic (exact) mass is 425 g/mol. The normalized spacial score (nSPS) is 14.7. The molecule has 2 aromatic rings. The Bertz CT molecular complexity index is 717. The molecule has 1 aliphatic carbocycles. The summed E-state index contributed by atoms with van der Waals surface area (Å²) >= 11 is 2.05. The zero-order valence-electron chi connectivity index (χ0n) is 12.5. The van der Waals surface area contributed by atoms with Gasteiger partial charge in [0.1, 0.15) is 5.82 Å². The number of nitrogens with zero attached hydrogens (tertiary/aromatic N) is 1. The highest BCUT2D eigenvalue weighted by Gasteiger charge is 2.20. The van der Waals surface area contributed by atoms with Crippen molar-refractivity contribution in [3.63, 3.8) is 0 Å². The van der Waals surface area contributed by atoms with E-state index in [1.165, 1.54) is 6.07 Å². The molecule has 3 rings (SSSR count). The van der Waals surface area contributed by atoms with E-state index in [4.69, 9.17) is 0 Å². The summed E-state index contributed by atoms with van der Waals surface area (Å²) in [6.45, 7) is 0. The molecule has 4 nitrogen and oxygen atoms in total. The molecule has 0 spiro atoms. The molecule has 0 radical (unpaired) electrons. The lowest BCUT2D eigenvalue weighted by molar-refractivity contribution is 0.0938. The van der Waals surface area contributed by atoms with Crippen molar-refractivity contribution in [2.45, 2.75) is 31.7 Å². The van der Waals surface area contributed by atoms with Crippen molar-refractivity contribution in [2.24, 2.45) is 0 Å². The summed E-state index contributed by atoms with van der Waals surface area (Å²) in [5, 5.41) is 6.02. The molecule has 1 aromatic heterocycles. The Balaban J connectivity index is 1.81. The molecule has 1 aromatic carbocycles. The molecular formula is C17H17FIN3O. The maximum Gasteiger partial charge on any atom is 0.253 e. The second-order valence-electron chi connectivity index (χ2n) is 5.63. The lowest BCUT2D eigenvalue weighted by atomic mass is 10.1. The van der Waals surface area contributed by atoms with Gasteiger partial charge in [-0.3, -0.25) is 9.78 Å². The highest BCUT2D eigenvalue weighted by molar-refractivity contribution is 14.1. The number of nitrogens with one attached hydrogen (secondary N) is 2. The molecule has 6 heteroatoms. The van der Waals surface area contributed by atoms with Gasteiger partial charge in [0, 0.05) is 15.8 Å². The van der Waals surface area contributed by atoms with Crippen molar-refractivity contribution in [3.05, 3.63) is 51.6 Å². The van der Waals surface area contributed by atoms with E-state index in [2.05, 4.69) is 38.2 Å². The summed E-state index contributed by atoms with van der Waals surface area (Å²) < 4.78 is 14.8. The van der Waals surface area contributed by atoms with Crippen LogP contribution in [-0.2, 0) is 0 Å². The van der Waals surface area contributed by atoms with Crippen molar-refractivity contribution < 1.29 is 9.18 Å². The van der Waals surface area contributed by atoms with Crippen molar-refractivity contribution in [1.29, 1.82) is 0 Å². The first-order chi connectivity index (χ1) is 11.1. The highest BCUT2D eigenvalue weighted by Crippen LogP contribution is 2.24. The topological polar surface area (TPSA) is 54.0 Å². The maximum atomic E-state index is 14.0. The van der Waals surface area contributed by atoms with Gasteiger partial charge in [-0.1, -0.05) is 12.8 Å². The number of hydrogen-bond donors (Lipinski definition) is 2. The average Bonchev–Trinajstić information content (AvgIpc) is 3.03. The van der Waals surface area contributed by atoms with Crippen LogP contribution < -0.4 is 10.6 Å². The van der Waals surface area contributed by atoms with Gasteiger partial charge in [-0.2, -0.15) is 0 Å². The van der Waals surface area contributed by atoms with E-state index in [1.807, 2.05) is 0 Å². The lowest BCUT2D eigenvalue weighted by Crippen LogP contribution is -2.33. The van der Waals surface area contributed by atoms with Gasteiger partial charge in [-0.25, -0.2) is 4.39 Å². The molecule has 0 unspecified atom stereocenters. The van der Waals surface area contributed by atoms with Crippen LogP contribution in [0, 0.1) is 9.39 Å². The predicted octanol–water partition coefficient (Wildman–Crippen LogP) is 4.24. The van der Waals surface area contributed by atoms with Crippen LogP contribution in [0.2, 0.25) is 0 Å². The number of pyridine rings is 1. The maximum absolute atomic E-state index is 14.0. The SMILES string of the molecule is O=C(NC1CCCC1)c1ccncc1Nc1ccc(I)cc1F. The van der Waals surface area contributed by atoms with Gasteiger partial charge in [-0.05, 0) is 59.7 Å². The zero-order valence-corrected chi connectivity index (χ0v) is 14.6. The quantitative estimate of drug-likeness (QED) is 0.721. The van der Waals surface area contributed by atoms with E-state index in [-0.39, 0.29) is 17.8 Å². The van der Waals surface area contributed by atoms with Gasteiger partial charge in [0.15, 0.2) is 0 Å². The Labute approximate surface area is 148 Å². The third kappa shape index (κ3) is 3.99. The molecule has 23 heavy (non-hydrogen) atoms. The molecular weight excluding hydrogens is 408 g/mol. The number of anilines is 2. The Morgan fingerprint density at radius 1 is 1.22 bits per heavy atom. The van der Waals surface area contributed by atoms with E-state index in [0.717, 1.165) is 29.3 Å². The summed E-state index contributed by atoms with van der Waals surface area (Å²) in [6, 6.07) is 6.79. The number of benzene rings is 1. The standard InChI is InChI=1S/C17H17FIN3O/c18-14-9-11(19)5-6-15(14)22-16-10-20-8-7-13(16)17(23)21-12-3-1-2-4-12/h5-10,12,22H,1-4H2,(H,21,23). The zero-order chi connectivity index (χ0) is 16.2. The Kier molecular flexibility index (Phi) is 5.09. The number of carbonyl (C=O) groups excluding carboxylic acids is 1. The number of rotatable bonds is 4. The predicted molar refractivity (Wildman–Crippen MR) is 96.4 cm³/mol. The second-order valence-corrected chi connectivity index (χ2v) is 6.87. The minimum Gasteiger partial charge on any atom is -0.351 e. The minimum atomic E-state index is -0.358. The van der Waals surface area contributed by atoms with Gasteiger partial charge in [0.2, 0.25) is 0 Å². The Morgan fingerprint density at radius 3 is 2.74 bits per heavy atom. The van der Waals surface area contributed by atoms with E-state index >= 15 is 0 Å². The van der Waals surface area contributed by atoms with Gasteiger partial charge in [0.05, 0.1) is 23.1 Å². The first-order valence-electron chi connectivity index (χ1n) is 7.60. The molecule has 1 heterocycles. The molecule has 0 saturated heterocycles. The van der Waals surface area contributed by atoms with E-state index in [9.17, 15) is 9.18 Å². The van der Waals surface area contributed by atoms with Gasteiger partial charge in [-0.15, -0.1) is 0 Å². The van der Waals surface area contributed by atoms with Crippen molar-refractivity contribution >= 4 is 39.9 Å². The summed E-state index contributed by atoms with van der Waals surface area (Å²) in [5.41, 5.74) is 1.31. The third-order valence-corrected chi connectivity index (χ3v) is 4.63. The number of carbonyl (C=O) groups is 1. The first kappa shape index (κ1) is 16.2. The molecule has 1 amide bonds.